The number of carboxylic acid groups (broad SMARTS) is 1. The van der Waals surface area contributed by atoms with E-state index in [0.717, 1.165) is 11.3 Å². The number of hydrogen-bond donors (Lipinski definition) is 2. The van der Waals surface area contributed by atoms with Gasteiger partial charge >= 0.3 is 5.97 Å². The molecule has 2 N–H and O–H groups in total. The number of hydrogen-bond acceptors (Lipinski definition) is 4. The molecular formula is C12H11N3O2. The van der Waals surface area contributed by atoms with E-state index in [9.17, 15) is 4.79 Å². The highest BCUT2D eigenvalue weighted by atomic mass is 16.4. The van der Waals surface area contributed by atoms with Crippen molar-refractivity contribution in [2.75, 3.05) is 5.32 Å². The summed E-state index contributed by atoms with van der Waals surface area (Å²) in [6, 6.07) is 7.59. The maximum atomic E-state index is 11.0. The topological polar surface area (TPSA) is 75.1 Å². The Bertz CT molecular complexity index is 555. The lowest BCUT2D eigenvalue weighted by Crippen LogP contribution is -2.06. The van der Waals surface area contributed by atoms with E-state index in [1.807, 2.05) is 31.2 Å². The van der Waals surface area contributed by atoms with E-state index in [1.54, 1.807) is 0 Å². The monoisotopic (exact) mass is 229 g/mol. The zero-order valence-corrected chi connectivity index (χ0v) is 9.21. The highest BCUT2D eigenvalue weighted by molar-refractivity contribution is 5.93. The van der Waals surface area contributed by atoms with Gasteiger partial charge < -0.3 is 10.4 Å². The maximum absolute atomic E-state index is 11.0. The molecule has 5 heteroatoms. The molecule has 2 aromatic rings. The van der Waals surface area contributed by atoms with Crippen molar-refractivity contribution in [3.05, 3.63) is 47.9 Å². The predicted molar refractivity (Wildman–Crippen MR) is 63.5 cm³/mol. The molecule has 1 aromatic heterocycles. The standard InChI is InChI=1S/C12H11N3O2/c1-8-4-2-3-5-10(8)15-11-9(12(16)17)6-13-7-14-11/h2-7H,1H3,(H,16,17)(H,13,14,15). The first-order valence-electron chi connectivity index (χ1n) is 5.04. The molecule has 0 atom stereocenters. The summed E-state index contributed by atoms with van der Waals surface area (Å²) in [4.78, 5) is 18.6. The Morgan fingerprint density at radius 2 is 2.12 bits per heavy atom. The lowest BCUT2D eigenvalue weighted by atomic mass is 10.2. The summed E-state index contributed by atoms with van der Waals surface area (Å²) in [6.45, 7) is 1.93. The van der Waals surface area contributed by atoms with Gasteiger partial charge in [0.1, 0.15) is 17.7 Å². The second kappa shape index (κ2) is 4.61. The van der Waals surface area contributed by atoms with Crippen LogP contribution in [0.2, 0.25) is 0 Å². The summed E-state index contributed by atoms with van der Waals surface area (Å²) in [5.41, 5.74) is 1.90. The van der Waals surface area contributed by atoms with Gasteiger partial charge in [0.15, 0.2) is 0 Å². The second-order valence-corrected chi connectivity index (χ2v) is 3.53. The molecule has 0 aliphatic carbocycles. The number of anilines is 2. The molecular weight excluding hydrogens is 218 g/mol. The zero-order chi connectivity index (χ0) is 12.3. The van der Waals surface area contributed by atoms with Gasteiger partial charge in [-0.2, -0.15) is 0 Å². The van der Waals surface area contributed by atoms with Crippen LogP contribution in [0.4, 0.5) is 11.5 Å². The van der Waals surface area contributed by atoms with E-state index < -0.39 is 5.97 Å². The molecule has 2 rings (SSSR count). The fourth-order valence-corrected chi connectivity index (χ4v) is 1.43. The second-order valence-electron chi connectivity index (χ2n) is 3.53. The molecule has 1 heterocycles. The molecule has 0 aliphatic rings. The number of rotatable bonds is 3. The summed E-state index contributed by atoms with van der Waals surface area (Å²) in [7, 11) is 0. The van der Waals surface area contributed by atoms with Gasteiger partial charge in [-0.25, -0.2) is 14.8 Å². The first-order valence-corrected chi connectivity index (χ1v) is 5.04. The van der Waals surface area contributed by atoms with E-state index >= 15 is 0 Å². The molecule has 17 heavy (non-hydrogen) atoms. The van der Waals surface area contributed by atoms with E-state index in [4.69, 9.17) is 5.11 Å². The minimum absolute atomic E-state index is 0.0516. The van der Waals surface area contributed by atoms with Gasteiger partial charge in [0.05, 0.1) is 0 Å². The smallest absolute Gasteiger partial charge is 0.341 e. The van der Waals surface area contributed by atoms with Crippen molar-refractivity contribution in [2.24, 2.45) is 0 Å². The number of nitrogens with one attached hydrogen (secondary N) is 1. The van der Waals surface area contributed by atoms with Crippen molar-refractivity contribution in [3.63, 3.8) is 0 Å². The largest absolute Gasteiger partial charge is 0.477 e. The summed E-state index contributed by atoms with van der Waals surface area (Å²) in [6.07, 6.45) is 2.59. The van der Waals surface area contributed by atoms with E-state index in [-0.39, 0.29) is 5.56 Å². The van der Waals surface area contributed by atoms with Crippen LogP contribution in [-0.2, 0) is 0 Å². The number of para-hydroxylation sites is 1. The lowest BCUT2D eigenvalue weighted by Gasteiger charge is -2.09. The number of aryl methyl sites for hydroxylation is 1. The Hall–Kier alpha value is -2.43. The quantitative estimate of drug-likeness (QED) is 0.844. The normalized spacial score (nSPS) is 9.94. The predicted octanol–water partition coefficient (Wildman–Crippen LogP) is 2.23. The minimum Gasteiger partial charge on any atom is -0.477 e. The minimum atomic E-state index is -1.05. The summed E-state index contributed by atoms with van der Waals surface area (Å²) in [5, 5.41) is 12.0. The van der Waals surface area contributed by atoms with Crippen molar-refractivity contribution in [3.8, 4) is 0 Å². The fourth-order valence-electron chi connectivity index (χ4n) is 1.43. The maximum Gasteiger partial charge on any atom is 0.341 e. The van der Waals surface area contributed by atoms with Crippen molar-refractivity contribution in [2.45, 2.75) is 6.92 Å². The molecule has 0 amide bonds. The Kier molecular flexibility index (Phi) is 3.00. The third-order valence-electron chi connectivity index (χ3n) is 2.34. The summed E-state index contributed by atoms with van der Waals surface area (Å²) >= 11 is 0. The van der Waals surface area contributed by atoms with Crippen LogP contribution in [0.1, 0.15) is 15.9 Å². The van der Waals surface area contributed by atoms with Gasteiger partial charge in [0, 0.05) is 11.9 Å². The third kappa shape index (κ3) is 2.39. The highest BCUT2D eigenvalue weighted by Gasteiger charge is 2.11. The Morgan fingerprint density at radius 3 is 2.82 bits per heavy atom. The highest BCUT2D eigenvalue weighted by Crippen LogP contribution is 2.20. The average molecular weight is 229 g/mol. The van der Waals surface area contributed by atoms with E-state index in [2.05, 4.69) is 15.3 Å². The van der Waals surface area contributed by atoms with E-state index in [1.165, 1.54) is 12.5 Å². The van der Waals surface area contributed by atoms with Gasteiger partial charge in [0.25, 0.3) is 0 Å². The van der Waals surface area contributed by atoms with Crippen molar-refractivity contribution in [1.82, 2.24) is 9.97 Å². The molecule has 0 aliphatic heterocycles. The van der Waals surface area contributed by atoms with Crippen molar-refractivity contribution < 1.29 is 9.90 Å². The van der Waals surface area contributed by atoms with Gasteiger partial charge in [-0.05, 0) is 18.6 Å². The number of aromatic carboxylic acids is 1. The van der Waals surface area contributed by atoms with Crippen LogP contribution in [0.5, 0.6) is 0 Å². The SMILES string of the molecule is Cc1ccccc1Nc1ncncc1C(=O)O. The molecule has 0 saturated heterocycles. The van der Waals surface area contributed by atoms with E-state index in [0.29, 0.717) is 5.82 Å². The molecule has 0 unspecified atom stereocenters. The molecule has 1 aromatic carbocycles. The Balaban J connectivity index is 2.37. The van der Waals surface area contributed by atoms with Crippen LogP contribution >= 0.6 is 0 Å². The first kappa shape index (κ1) is 11.1. The number of benzene rings is 1. The molecule has 0 saturated carbocycles. The van der Waals surface area contributed by atoms with Gasteiger partial charge in [-0.15, -0.1) is 0 Å². The third-order valence-corrected chi connectivity index (χ3v) is 2.34. The fraction of sp³-hybridized carbons (Fsp3) is 0.0833. The van der Waals surface area contributed by atoms with Crippen LogP contribution in [0.3, 0.4) is 0 Å². The van der Waals surface area contributed by atoms with Gasteiger partial charge in [-0.3, -0.25) is 0 Å². The summed E-state index contributed by atoms with van der Waals surface area (Å²) < 4.78 is 0. The molecule has 86 valence electrons. The average Bonchev–Trinajstić information content (AvgIpc) is 2.32. The first-order chi connectivity index (χ1) is 8.18. The number of aromatic nitrogens is 2. The molecule has 0 spiro atoms. The van der Waals surface area contributed by atoms with Gasteiger partial charge in [0.2, 0.25) is 0 Å². The van der Waals surface area contributed by atoms with Crippen LogP contribution in [0, 0.1) is 6.92 Å². The van der Waals surface area contributed by atoms with Crippen LogP contribution in [0.25, 0.3) is 0 Å². The summed E-state index contributed by atoms with van der Waals surface area (Å²) in [5.74, 6) is -0.761. The molecule has 0 bridgehead atoms. The van der Waals surface area contributed by atoms with Crippen LogP contribution in [0.15, 0.2) is 36.8 Å². The number of nitrogens with zero attached hydrogens (tertiary/aromatic N) is 2. The zero-order valence-electron chi connectivity index (χ0n) is 9.21. The van der Waals surface area contributed by atoms with Crippen LogP contribution in [-0.4, -0.2) is 21.0 Å². The molecule has 0 fully saturated rings. The Morgan fingerprint density at radius 1 is 1.35 bits per heavy atom. The van der Waals surface area contributed by atoms with Crippen molar-refractivity contribution >= 4 is 17.5 Å². The lowest BCUT2D eigenvalue weighted by molar-refractivity contribution is 0.0697. The number of carboxylic acids is 1. The Labute approximate surface area is 98.2 Å². The number of carbonyl (C=O) groups is 1. The molecule has 5 nitrogen and oxygen atoms in total. The molecule has 0 radical (unpaired) electrons. The van der Waals surface area contributed by atoms with Crippen molar-refractivity contribution in [1.29, 1.82) is 0 Å². The van der Waals surface area contributed by atoms with Gasteiger partial charge in [-0.1, -0.05) is 18.2 Å². The van der Waals surface area contributed by atoms with Crippen LogP contribution < -0.4 is 5.32 Å².